The fraction of sp³-hybridized carbons (Fsp3) is 0.600. The van der Waals surface area contributed by atoms with Gasteiger partial charge in [-0.15, -0.1) is 0 Å². The van der Waals surface area contributed by atoms with Gasteiger partial charge in [0.25, 0.3) is 0 Å². The molecule has 0 saturated carbocycles. The largest absolute Gasteiger partial charge is 0.361 e. The fourth-order valence-corrected chi connectivity index (χ4v) is 3.39. The maximum atomic E-state index is 12.1. The summed E-state index contributed by atoms with van der Waals surface area (Å²) in [5.41, 5.74) is 1.03. The normalized spacial score (nSPS) is 30.8. The molecule has 0 N–H and O–H groups in total. The summed E-state index contributed by atoms with van der Waals surface area (Å²) in [6.07, 6.45) is 1.66. The SMILES string of the molecule is CC1=CC(=O)c2c(noc2C)C12OC(C)(C)C2(C)C. The molecule has 1 unspecified atom stereocenters. The first-order valence-electron chi connectivity index (χ1n) is 6.55. The number of hydrogen-bond acceptors (Lipinski definition) is 4. The third-order valence-corrected chi connectivity index (χ3v) is 5.14. The predicted octanol–water partition coefficient (Wildman–Crippen LogP) is 3.16. The Labute approximate surface area is 112 Å². The van der Waals surface area contributed by atoms with Crippen molar-refractivity contribution in [2.75, 3.05) is 0 Å². The second-order valence-corrected chi connectivity index (χ2v) is 6.57. The van der Waals surface area contributed by atoms with E-state index in [2.05, 4.69) is 32.9 Å². The van der Waals surface area contributed by atoms with Gasteiger partial charge in [0.2, 0.25) is 0 Å². The zero-order valence-corrected chi connectivity index (χ0v) is 12.2. The van der Waals surface area contributed by atoms with Gasteiger partial charge in [-0.25, -0.2) is 0 Å². The van der Waals surface area contributed by atoms with E-state index in [4.69, 9.17) is 9.26 Å². The molecule has 1 aromatic rings. The first kappa shape index (κ1) is 12.6. The monoisotopic (exact) mass is 261 g/mol. The highest BCUT2D eigenvalue weighted by molar-refractivity contribution is 6.08. The van der Waals surface area contributed by atoms with Gasteiger partial charge in [-0.2, -0.15) is 0 Å². The van der Waals surface area contributed by atoms with Crippen LogP contribution in [0.25, 0.3) is 0 Å². The summed E-state index contributed by atoms with van der Waals surface area (Å²) in [7, 11) is 0. The molecule has 102 valence electrons. The molecule has 2 heterocycles. The van der Waals surface area contributed by atoms with Crippen molar-refractivity contribution in [3.8, 4) is 0 Å². The van der Waals surface area contributed by atoms with Gasteiger partial charge in [0, 0.05) is 5.41 Å². The Morgan fingerprint density at radius 1 is 1.16 bits per heavy atom. The molecule has 2 aliphatic rings. The van der Waals surface area contributed by atoms with Crippen molar-refractivity contribution in [3.05, 3.63) is 28.7 Å². The summed E-state index contributed by atoms with van der Waals surface area (Å²) in [5, 5.41) is 4.13. The standard InChI is InChI=1S/C15H19NO3/c1-8-7-10(17)11-9(2)18-16-12(11)15(8)13(3,4)14(5,6)19-15/h7H,1-6H3. The maximum Gasteiger partial charge on any atom is 0.191 e. The highest BCUT2D eigenvalue weighted by atomic mass is 16.6. The molecule has 3 rings (SSSR count). The molecule has 19 heavy (non-hydrogen) atoms. The third kappa shape index (κ3) is 1.14. The van der Waals surface area contributed by atoms with E-state index in [0.717, 1.165) is 5.57 Å². The average Bonchev–Trinajstić information content (AvgIpc) is 2.66. The van der Waals surface area contributed by atoms with Crippen LogP contribution in [-0.2, 0) is 10.3 Å². The predicted molar refractivity (Wildman–Crippen MR) is 70.0 cm³/mol. The van der Waals surface area contributed by atoms with Gasteiger partial charge in [-0.1, -0.05) is 19.0 Å². The topological polar surface area (TPSA) is 52.3 Å². The smallest absolute Gasteiger partial charge is 0.191 e. The second kappa shape index (κ2) is 3.18. The van der Waals surface area contributed by atoms with Crippen LogP contribution < -0.4 is 0 Å². The maximum absolute atomic E-state index is 12.1. The lowest BCUT2D eigenvalue weighted by atomic mass is 9.53. The first-order valence-corrected chi connectivity index (χ1v) is 6.55. The van der Waals surface area contributed by atoms with E-state index < -0.39 is 5.60 Å². The van der Waals surface area contributed by atoms with Crippen LogP contribution in [0.1, 0.15) is 56.4 Å². The van der Waals surface area contributed by atoms with Crippen molar-refractivity contribution in [1.82, 2.24) is 5.16 Å². The summed E-state index contributed by atoms with van der Waals surface area (Å²) in [6.45, 7) is 12.1. The minimum Gasteiger partial charge on any atom is -0.361 e. The molecule has 1 aliphatic carbocycles. The number of nitrogens with zero attached hydrogens (tertiary/aromatic N) is 1. The summed E-state index contributed by atoms with van der Waals surface area (Å²) < 4.78 is 11.5. The minimum absolute atomic E-state index is 0.0408. The van der Waals surface area contributed by atoms with Gasteiger partial charge in [0.1, 0.15) is 17.1 Å². The number of aryl methyl sites for hydroxylation is 1. The van der Waals surface area contributed by atoms with E-state index in [-0.39, 0.29) is 16.8 Å². The van der Waals surface area contributed by atoms with Gasteiger partial charge >= 0.3 is 0 Å². The number of allylic oxidation sites excluding steroid dienone is 1. The Kier molecular flexibility index (Phi) is 2.11. The number of aromatic nitrogens is 1. The molecule has 0 aromatic carbocycles. The summed E-state index contributed by atoms with van der Waals surface area (Å²) in [6, 6.07) is 0. The van der Waals surface area contributed by atoms with Gasteiger partial charge in [-0.3, -0.25) is 4.79 Å². The summed E-state index contributed by atoms with van der Waals surface area (Å²) >= 11 is 0. The van der Waals surface area contributed by atoms with Crippen LogP contribution in [0.15, 0.2) is 16.2 Å². The van der Waals surface area contributed by atoms with Crippen LogP contribution in [0, 0.1) is 12.3 Å². The first-order chi connectivity index (χ1) is 8.65. The van der Waals surface area contributed by atoms with Gasteiger partial charge in [0.05, 0.1) is 11.2 Å². The average molecular weight is 261 g/mol. The molecule has 1 spiro atoms. The Hall–Kier alpha value is -1.42. The minimum atomic E-state index is -0.641. The van der Waals surface area contributed by atoms with Crippen molar-refractivity contribution in [1.29, 1.82) is 0 Å². The number of hydrogen-bond donors (Lipinski definition) is 0. The van der Waals surface area contributed by atoms with E-state index in [1.165, 1.54) is 0 Å². The number of carbonyl (C=O) groups excluding carboxylic acids is 1. The molecule has 1 fully saturated rings. The van der Waals surface area contributed by atoms with Crippen LogP contribution in [0.2, 0.25) is 0 Å². The number of carbonyl (C=O) groups is 1. The van der Waals surface area contributed by atoms with E-state index in [9.17, 15) is 4.79 Å². The lowest BCUT2D eigenvalue weighted by Gasteiger charge is -2.66. The molecule has 1 saturated heterocycles. The molecule has 1 aromatic heterocycles. The van der Waals surface area contributed by atoms with E-state index in [0.29, 0.717) is 17.0 Å². The highest BCUT2D eigenvalue weighted by Crippen LogP contribution is 2.66. The van der Waals surface area contributed by atoms with E-state index in [1.54, 1.807) is 13.0 Å². The van der Waals surface area contributed by atoms with Crippen LogP contribution in [0.3, 0.4) is 0 Å². The molecular weight excluding hydrogens is 242 g/mol. The zero-order valence-electron chi connectivity index (χ0n) is 12.2. The number of fused-ring (bicyclic) bond motifs is 2. The van der Waals surface area contributed by atoms with Gasteiger partial charge in [-0.05, 0) is 39.3 Å². The summed E-state index contributed by atoms with van der Waals surface area (Å²) in [4.78, 5) is 12.1. The molecule has 0 bridgehead atoms. The Morgan fingerprint density at radius 2 is 1.79 bits per heavy atom. The molecule has 0 radical (unpaired) electrons. The summed E-state index contributed by atoms with van der Waals surface area (Å²) in [5.74, 6) is 0.521. The van der Waals surface area contributed by atoms with Gasteiger partial charge in [0.15, 0.2) is 5.78 Å². The number of rotatable bonds is 0. The van der Waals surface area contributed by atoms with E-state index >= 15 is 0 Å². The molecule has 0 amide bonds. The zero-order chi connectivity index (χ0) is 14.2. The van der Waals surface area contributed by atoms with Crippen molar-refractivity contribution in [3.63, 3.8) is 0 Å². The Bertz CT molecular complexity index is 621. The van der Waals surface area contributed by atoms with Crippen LogP contribution in [-0.4, -0.2) is 16.5 Å². The van der Waals surface area contributed by atoms with Gasteiger partial charge < -0.3 is 9.26 Å². The quantitative estimate of drug-likeness (QED) is 0.720. The molecule has 1 aliphatic heterocycles. The van der Waals surface area contributed by atoms with Crippen LogP contribution in [0.4, 0.5) is 0 Å². The second-order valence-electron chi connectivity index (χ2n) is 6.57. The molecule has 1 atom stereocenters. The van der Waals surface area contributed by atoms with Crippen LogP contribution in [0.5, 0.6) is 0 Å². The van der Waals surface area contributed by atoms with E-state index in [1.807, 2.05) is 6.92 Å². The number of ketones is 1. The van der Waals surface area contributed by atoms with Crippen molar-refractivity contribution < 1.29 is 14.1 Å². The highest BCUT2D eigenvalue weighted by Gasteiger charge is 2.71. The number of ether oxygens (including phenoxy) is 1. The molecule has 4 nitrogen and oxygen atoms in total. The Balaban J connectivity index is 2.29. The fourth-order valence-electron chi connectivity index (χ4n) is 3.39. The van der Waals surface area contributed by atoms with Crippen molar-refractivity contribution in [2.24, 2.45) is 5.41 Å². The molecule has 4 heteroatoms. The third-order valence-electron chi connectivity index (χ3n) is 5.14. The Morgan fingerprint density at radius 3 is 2.32 bits per heavy atom. The lowest BCUT2D eigenvalue weighted by molar-refractivity contribution is -0.348. The molecular formula is C15H19NO3. The van der Waals surface area contributed by atoms with Crippen LogP contribution >= 0.6 is 0 Å². The lowest BCUT2D eigenvalue weighted by Crippen LogP contribution is -2.71. The van der Waals surface area contributed by atoms with Crippen molar-refractivity contribution >= 4 is 5.78 Å². The van der Waals surface area contributed by atoms with Crippen molar-refractivity contribution in [2.45, 2.75) is 52.7 Å².